The first-order valence-corrected chi connectivity index (χ1v) is 7.23. The summed E-state index contributed by atoms with van der Waals surface area (Å²) in [5, 5.41) is 11.9. The number of nitrogens with one attached hydrogen (secondary N) is 1. The first-order valence-electron chi connectivity index (χ1n) is 7.23. The molecule has 0 saturated heterocycles. The van der Waals surface area contributed by atoms with Gasteiger partial charge in [0, 0.05) is 6.04 Å². The summed E-state index contributed by atoms with van der Waals surface area (Å²) in [7, 11) is 0. The third-order valence-electron chi connectivity index (χ3n) is 3.68. The molecule has 0 heterocycles. The lowest BCUT2D eigenvalue weighted by molar-refractivity contribution is -0.121. The van der Waals surface area contributed by atoms with Crippen LogP contribution in [-0.4, -0.2) is 29.4 Å². The molecular weight excluding hydrogens is 250 g/mol. The summed E-state index contributed by atoms with van der Waals surface area (Å²) in [6.45, 7) is 5.02. The fraction of sp³-hybridized carbons (Fsp3) is 0.500. The number of amides is 1. The maximum absolute atomic E-state index is 12.4. The summed E-state index contributed by atoms with van der Waals surface area (Å²) in [5.41, 5.74) is 1.10. The molecule has 106 valence electrons. The van der Waals surface area contributed by atoms with Crippen molar-refractivity contribution in [3.8, 4) is 6.07 Å². The van der Waals surface area contributed by atoms with Crippen LogP contribution < -0.4 is 5.32 Å². The number of hydrogen-bond donors (Lipinski definition) is 1. The largest absolute Gasteiger partial charge is 0.324 e. The first-order chi connectivity index (χ1) is 9.67. The molecular formula is C16H21N3O. The highest BCUT2D eigenvalue weighted by molar-refractivity contribution is 5.95. The Morgan fingerprint density at radius 1 is 1.50 bits per heavy atom. The molecule has 0 aliphatic heterocycles. The number of carbonyl (C=O) groups is 1. The molecule has 0 bridgehead atoms. The van der Waals surface area contributed by atoms with Crippen LogP contribution >= 0.6 is 0 Å². The van der Waals surface area contributed by atoms with Gasteiger partial charge in [0.25, 0.3) is 0 Å². The molecule has 1 aromatic carbocycles. The number of carbonyl (C=O) groups excluding carboxylic acids is 1. The van der Waals surface area contributed by atoms with E-state index in [0.29, 0.717) is 17.3 Å². The van der Waals surface area contributed by atoms with Crippen molar-refractivity contribution >= 4 is 11.6 Å². The molecule has 4 nitrogen and oxygen atoms in total. The van der Waals surface area contributed by atoms with Gasteiger partial charge in [-0.05, 0) is 44.9 Å². The van der Waals surface area contributed by atoms with Crippen LogP contribution in [0.25, 0.3) is 0 Å². The van der Waals surface area contributed by atoms with Gasteiger partial charge < -0.3 is 5.32 Å². The molecule has 1 fully saturated rings. The second kappa shape index (κ2) is 6.53. The Labute approximate surface area is 120 Å². The van der Waals surface area contributed by atoms with E-state index in [4.69, 9.17) is 5.26 Å². The second-order valence-corrected chi connectivity index (χ2v) is 5.29. The number of hydrogen-bond acceptors (Lipinski definition) is 3. The second-order valence-electron chi connectivity index (χ2n) is 5.29. The van der Waals surface area contributed by atoms with Crippen LogP contribution in [0.4, 0.5) is 5.69 Å². The summed E-state index contributed by atoms with van der Waals surface area (Å²) < 4.78 is 0. The van der Waals surface area contributed by atoms with E-state index in [1.165, 1.54) is 12.8 Å². The average Bonchev–Trinajstić information content (AvgIpc) is 3.29. The molecule has 0 radical (unpaired) electrons. The molecule has 0 spiro atoms. The molecule has 0 aromatic heterocycles. The van der Waals surface area contributed by atoms with Crippen LogP contribution in [0.2, 0.25) is 0 Å². The van der Waals surface area contributed by atoms with E-state index in [9.17, 15) is 4.79 Å². The van der Waals surface area contributed by atoms with Crippen LogP contribution in [0, 0.1) is 11.3 Å². The number of benzene rings is 1. The monoisotopic (exact) mass is 271 g/mol. The van der Waals surface area contributed by atoms with Gasteiger partial charge >= 0.3 is 0 Å². The Bertz CT molecular complexity index is 517. The number of nitriles is 1. The van der Waals surface area contributed by atoms with E-state index in [2.05, 4.69) is 23.2 Å². The molecule has 1 N–H and O–H groups in total. The molecule has 1 atom stereocenters. The molecule has 4 heteroatoms. The third kappa shape index (κ3) is 3.37. The zero-order valence-corrected chi connectivity index (χ0v) is 12.1. The summed E-state index contributed by atoms with van der Waals surface area (Å²) >= 11 is 0. The van der Waals surface area contributed by atoms with Gasteiger partial charge in [0.05, 0.1) is 17.3 Å². The van der Waals surface area contributed by atoms with Crippen LogP contribution in [0.3, 0.4) is 0 Å². The van der Waals surface area contributed by atoms with E-state index in [0.717, 1.165) is 13.0 Å². The lowest BCUT2D eigenvalue weighted by Gasteiger charge is -2.27. The first kappa shape index (κ1) is 14.5. The summed E-state index contributed by atoms with van der Waals surface area (Å²) in [6.07, 6.45) is 3.42. The van der Waals surface area contributed by atoms with Crippen molar-refractivity contribution in [3.05, 3.63) is 29.8 Å². The lowest BCUT2D eigenvalue weighted by atomic mass is 10.1. The standard InChI is InChI=1S/C16H21N3O/c1-3-10-19(14-8-9-14)12(2)16(20)18-15-7-5-4-6-13(15)11-17/h4-7,12,14H,3,8-10H2,1-2H3,(H,18,20). The quantitative estimate of drug-likeness (QED) is 0.865. The lowest BCUT2D eigenvalue weighted by Crippen LogP contribution is -2.43. The number of nitrogens with zero attached hydrogens (tertiary/aromatic N) is 2. The average molecular weight is 271 g/mol. The third-order valence-corrected chi connectivity index (χ3v) is 3.68. The Kier molecular flexibility index (Phi) is 4.75. The summed E-state index contributed by atoms with van der Waals surface area (Å²) in [5.74, 6) is -0.0342. The van der Waals surface area contributed by atoms with Crippen molar-refractivity contribution in [1.82, 2.24) is 4.90 Å². The van der Waals surface area contributed by atoms with Gasteiger partial charge in [-0.25, -0.2) is 0 Å². The fourth-order valence-corrected chi connectivity index (χ4v) is 2.43. The zero-order chi connectivity index (χ0) is 14.5. The molecule has 1 amide bonds. The number of anilines is 1. The van der Waals surface area contributed by atoms with Crippen molar-refractivity contribution in [2.75, 3.05) is 11.9 Å². The SMILES string of the molecule is CCCN(C1CC1)C(C)C(=O)Nc1ccccc1C#N. The van der Waals surface area contributed by atoms with Gasteiger partial charge in [-0.15, -0.1) is 0 Å². The van der Waals surface area contributed by atoms with Crippen LogP contribution in [0.5, 0.6) is 0 Å². The Morgan fingerprint density at radius 3 is 2.80 bits per heavy atom. The minimum Gasteiger partial charge on any atom is -0.324 e. The van der Waals surface area contributed by atoms with Crippen LogP contribution in [-0.2, 0) is 4.79 Å². The predicted molar refractivity (Wildman–Crippen MR) is 79.3 cm³/mol. The van der Waals surface area contributed by atoms with Gasteiger partial charge in [0.15, 0.2) is 0 Å². The molecule has 2 rings (SSSR count). The highest BCUT2D eigenvalue weighted by atomic mass is 16.2. The van der Waals surface area contributed by atoms with E-state index >= 15 is 0 Å². The molecule has 1 saturated carbocycles. The van der Waals surface area contributed by atoms with E-state index in [1.807, 2.05) is 13.0 Å². The van der Waals surface area contributed by atoms with Gasteiger partial charge in [0.2, 0.25) is 5.91 Å². The van der Waals surface area contributed by atoms with Crippen molar-refractivity contribution in [1.29, 1.82) is 5.26 Å². The topological polar surface area (TPSA) is 56.1 Å². The zero-order valence-electron chi connectivity index (χ0n) is 12.1. The van der Waals surface area contributed by atoms with Gasteiger partial charge in [-0.2, -0.15) is 5.26 Å². The summed E-state index contributed by atoms with van der Waals surface area (Å²) in [4.78, 5) is 14.6. The maximum atomic E-state index is 12.4. The van der Waals surface area contributed by atoms with Crippen LogP contribution in [0.15, 0.2) is 24.3 Å². The maximum Gasteiger partial charge on any atom is 0.241 e. The molecule has 1 unspecified atom stereocenters. The van der Waals surface area contributed by atoms with Crippen LogP contribution in [0.1, 0.15) is 38.7 Å². The number of para-hydroxylation sites is 1. The molecule has 1 aliphatic rings. The Hall–Kier alpha value is -1.86. The summed E-state index contributed by atoms with van der Waals surface area (Å²) in [6, 6.07) is 9.60. The van der Waals surface area contributed by atoms with E-state index in [-0.39, 0.29) is 11.9 Å². The minimum atomic E-state index is -0.158. The van der Waals surface area contributed by atoms with Gasteiger partial charge in [0.1, 0.15) is 6.07 Å². The Morgan fingerprint density at radius 2 is 2.20 bits per heavy atom. The van der Waals surface area contributed by atoms with E-state index < -0.39 is 0 Å². The molecule has 1 aromatic rings. The minimum absolute atomic E-state index is 0.0342. The van der Waals surface area contributed by atoms with E-state index in [1.54, 1.807) is 18.2 Å². The number of rotatable bonds is 6. The van der Waals surface area contributed by atoms with Gasteiger partial charge in [-0.1, -0.05) is 19.1 Å². The fourth-order valence-electron chi connectivity index (χ4n) is 2.43. The molecule has 1 aliphatic carbocycles. The van der Waals surface area contributed by atoms with Crippen molar-refractivity contribution < 1.29 is 4.79 Å². The van der Waals surface area contributed by atoms with Crippen molar-refractivity contribution in [2.45, 2.75) is 45.2 Å². The Balaban J connectivity index is 2.05. The highest BCUT2D eigenvalue weighted by Gasteiger charge is 2.34. The highest BCUT2D eigenvalue weighted by Crippen LogP contribution is 2.29. The normalized spacial score (nSPS) is 15.7. The van der Waals surface area contributed by atoms with Crippen molar-refractivity contribution in [3.63, 3.8) is 0 Å². The van der Waals surface area contributed by atoms with Crippen molar-refractivity contribution in [2.24, 2.45) is 0 Å². The molecule has 20 heavy (non-hydrogen) atoms. The van der Waals surface area contributed by atoms with Gasteiger partial charge in [-0.3, -0.25) is 9.69 Å². The smallest absolute Gasteiger partial charge is 0.241 e. The predicted octanol–water partition coefficient (Wildman–Crippen LogP) is 2.76.